The molecule has 0 bridgehead atoms. The van der Waals surface area contributed by atoms with Crippen LogP contribution in [0.5, 0.6) is 5.75 Å². The molecule has 1 N–H and O–H groups in total. The Bertz CT molecular complexity index is 1920. The molecule has 0 spiro atoms. The Morgan fingerprint density at radius 2 is 1.46 bits per heavy atom. The molecule has 0 radical (unpaired) electrons. The first-order chi connectivity index (χ1) is 22.1. The molecule has 230 valence electrons. The van der Waals surface area contributed by atoms with Gasteiger partial charge in [-0.15, -0.1) is 0 Å². The molecule has 7 rings (SSSR count). The highest BCUT2D eigenvalue weighted by Crippen LogP contribution is 2.55. The molecule has 0 aromatic heterocycles. The van der Waals surface area contributed by atoms with E-state index in [0.717, 1.165) is 16.8 Å². The number of ketones is 2. The Labute approximate surface area is 273 Å². The summed E-state index contributed by atoms with van der Waals surface area (Å²) in [5.74, 6) is -3.35. The number of hydrogen-bond donors (Lipinski definition) is 1. The maximum atomic E-state index is 14.1. The smallest absolute Gasteiger partial charge is 0.238 e. The van der Waals surface area contributed by atoms with Crippen molar-refractivity contribution < 1.29 is 24.3 Å². The van der Waals surface area contributed by atoms with Gasteiger partial charge in [-0.05, 0) is 101 Å². The van der Waals surface area contributed by atoms with Gasteiger partial charge in [0.1, 0.15) is 5.75 Å². The number of rotatable bonds is 5. The number of amides is 2. The van der Waals surface area contributed by atoms with Gasteiger partial charge in [-0.25, -0.2) is 0 Å². The molecule has 46 heavy (non-hydrogen) atoms. The Morgan fingerprint density at radius 1 is 0.826 bits per heavy atom. The molecule has 3 aliphatic carbocycles. The van der Waals surface area contributed by atoms with Crippen LogP contribution in [0.15, 0.2) is 116 Å². The van der Waals surface area contributed by atoms with E-state index in [9.17, 15) is 24.3 Å². The fourth-order valence-electron chi connectivity index (χ4n) is 7.11. The standard InChI is InChI=1S/C36H29BrN4O5/c1-40(2)22-9-5-20(6-10-22)38-39-21-7-11-23(12-8-21)41-35(45)26-16-15-25-27(32(26)36(41)46)17-28-33(30(43)18-29(37)34(28)44)31(25)19-3-13-24(42)14-4-19/h3-15,18,26-27,31-32,42H,16-17H2,1-2H3. The van der Waals surface area contributed by atoms with Gasteiger partial charge in [0.05, 0.1) is 33.4 Å². The fraction of sp³-hybridized carbons (Fsp3) is 0.222. The molecule has 1 fully saturated rings. The van der Waals surface area contributed by atoms with Gasteiger partial charge in [-0.2, -0.15) is 10.2 Å². The van der Waals surface area contributed by atoms with Crippen LogP contribution in [0.25, 0.3) is 0 Å². The predicted octanol–water partition coefficient (Wildman–Crippen LogP) is 6.84. The highest BCUT2D eigenvalue weighted by Gasteiger charge is 2.56. The molecular formula is C36H29BrN4O5. The number of carbonyl (C=O) groups excluding carboxylic acids is 4. The first-order valence-electron chi connectivity index (χ1n) is 15.0. The number of fused-ring (bicyclic) bond motifs is 3. The van der Waals surface area contributed by atoms with Crippen LogP contribution in [0.4, 0.5) is 22.7 Å². The van der Waals surface area contributed by atoms with Gasteiger partial charge in [-0.3, -0.25) is 24.1 Å². The highest BCUT2D eigenvalue weighted by atomic mass is 79.9. The number of benzene rings is 3. The number of allylic oxidation sites excluding steroid dienone is 6. The van der Waals surface area contributed by atoms with Crippen LogP contribution in [0.3, 0.4) is 0 Å². The molecule has 0 saturated carbocycles. The van der Waals surface area contributed by atoms with Crippen LogP contribution in [0.1, 0.15) is 24.3 Å². The summed E-state index contributed by atoms with van der Waals surface area (Å²) in [4.78, 5) is 57.9. The van der Waals surface area contributed by atoms with Crippen molar-refractivity contribution in [1.82, 2.24) is 0 Å². The Morgan fingerprint density at radius 3 is 2.09 bits per heavy atom. The molecule has 2 amide bonds. The lowest BCUT2D eigenvalue weighted by Gasteiger charge is -2.42. The minimum Gasteiger partial charge on any atom is -0.508 e. The molecular weight excluding hydrogens is 648 g/mol. The van der Waals surface area contributed by atoms with E-state index in [4.69, 9.17) is 0 Å². The minimum absolute atomic E-state index is 0.0787. The van der Waals surface area contributed by atoms with Gasteiger partial charge in [0.15, 0.2) is 11.6 Å². The van der Waals surface area contributed by atoms with Crippen LogP contribution in [0.2, 0.25) is 0 Å². The number of nitrogens with zero attached hydrogens (tertiary/aromatic N) is 4. The van der Waals surface area contributed by atoms with E-state index in [1.165, 1.54) is 11.0 Å². The Hall–Kier alpha value is -4.96. The first-order valence-corrected chi connectivity index (χ1v) is 15.8. The summed E-state index contributed by atoms with van der Waals surface area (Å²) < 4.78 is 0.179. The minimum atomic E-state index is -0.682. The average Bonchev–Trinajstić information content (AvgIpc) is 3.31. The molecule has 4 aliphatic rings. The van der Waals surface area contributed by atoms with E-state index in [-0.39, 0.29) is 40.0 Å². The number of aromatic hydroxyl groups is 1. The third-order valence-corrected chi connectivity index (χ3v) is 9.90. The molecule has 4 unspecified atom stereocenters. The number of phenolic OH excluding ortho intramolecular Hbond substituents is 1. The van der Waals surface area contributed by atoms with E-state index >= 15 is 0 Å². The summed E-state index contributed by atoms with van der Waals surface area (Å²) in [7, 11) is 3.93. The highest BCUT2D eigenvalue weighted by molar-refractivity contribution is 9.12. The third kappa shape index (κ3) is 4.93. The SMILES string of the molecule is CN(C)c1ccc(N=Nc2ccc(N3C(=O)C4CC=C5C(c6ccc(O)cc6)C6=C(CC5C4C3=O)C(=O)C(Br)=CC6=O)cc2)cc1. The monoisotopic (exact) mass is 676 g/mol. The van der Waals surface area contributed by atoms with Crippen LogP contribution in [-0.4, -0.2) is 42.6 Å². The van der Waals surface area contributed by atoms with Crippen LogP contribution in [0, 0.1) is 17.8 Å². The summed E-state index contributed by atoms with van der Waals surface area (Å²) >= 11 is 3.25. The Kier molecular flexibility index (Phi) is 7.39. The van der Waals surface area contributed by atoms with Crippen molar-refractivity contribution in [3.05, 3.63) is 112 Å². The molecule has 3 aromatic rings. The predicted molar refractivity (Wildman–Crippen MR) is 177 cm³/mol. The van der Waals surface area contributed by atoms with Crippen molar-refractivity contribution in [1.29, 1.82) is 0 Å². The topological polar surface area (TPSA) is 120 Å². The van der Waals surface area contributed by atoms with Gasteiger partial charge in [0.25, 0.3) is 0 Å². The van der Waals surface area contributed by atoms with Crippen molar-refractivity contribution in [2.24, 2.45) is 28.0 Å². The summed E-state index contributed by atoms with van der Waals surface area (Å²) in [5, 5.41) is 18.5. The second-order valence-electron chi connectivity index (χ2n) is 12.1. The number of carbonyl (C=O) groups is 4. The molecule has 1 aliphatic heterocycles. The number of azo groups is 1. The quantitative estimate of drug-likeness (QED) is 0.137. The van der Waals surface area contributed by atoms with Crippen LogP contribution < -0.4 is 9.80 Å². The maximum Gasteiger partial charge on any atom is 0.238 e. The lowest BCUT2D eigenvalue weighted by atomic mass is 9.59. The molecule has 1 saturated heterocycles. The largest absolute Gasteiger partial charge is 0.508 e. The first kappa shape index (κ1) is 29.7. The number of phenols is 1. The van der Waals surface area contributed by atoms with Crippen molar-refractivity contribution in [3.63, 3.8) is 0 Å². The van der Waals surface area contributed by atoms with Gasteiger partial charge >= 0.3 is 0 Å². The summed E-state index contributed by atoms with van der Waals surface area (Å²) in [6, 6.07) is 21.0. The van der Waals surface area contributed by atoms with E-state index < -0.39 is 23.7 Å². The van der Waals surface area contributed by atoms with Gasteiger partial charge in [-0.1, -0.05) is 23.8 Å². The van der Waals surface area contributed by atoms with Gasteiger partial charge in [0, 0.05) is 42.9 Å². The van der Waals surface area contributed by atoms with Gasteiger partial charge in [0.2, 0.25) is 11.8 Å². The van der Waals surface area contributed by atoms with Crippen molar-refractivity contribution in [2.45, 2.75) is 18.8 Å². The fourth-order valence-corrected chi connectivity index (χ4v) is 7.56. The summed E-state index contributed by atoms with van der Waals surface area (Å²) in [5.41, 5.74) is 5.12. The van der Waals surface area contributed by atoms with Crippen LogP contribution in [-0.2, 0) is 19.2 Å². The Balaban J connectivity index is 1.18. The van der Waals surface area contributed by atoms with E-state index in [2.05, 4.69) is 26.2 Å². The van der Waals surface area contributed by atoms with Crippen molar-refractivity contribution in [2.75, 3.05) is 23.9 Å². The van der Waals surface area contributed by atoms with Crippen molar-refractivity contribution in [3.8, 4) is 5.75 Å². The third-order valence-electron chi connectivity index (χ3n) is 9.31. The zero-order valence-corrected chi connectivity index (χ0v) is 26.6. The normalized spacial score (nSPS) is 24.1. The lowest BCUT2D eigenvalue weighted by Crippen LogP contribution is -2.39. The average molecular weight is 678 g/mol. The zero-order chi connectivity index (χ0) is 32.3. The van der Waals surface area contributed by atoms with E-state index in [0.29, 0.717) is 34.6 Å². The summed E-state index contributed by atoms with van der Waals surface area (Å²) in [6.07, 6.45) is 3.81. The number of anilines is 2. The molecule has 10 heteroatoms. The molecule has 1 heterocycles. The second kappa shape index (κ2) is 11.4. The molecule has 4 atom stereocenters. The number of hydrogen-bond acceptors (Lipinski definition) is 8. The summed E-state index contributed by atoms with van der Waals surface area (Å²) in [6.45, 7) is 0. The molecule has 9 nitrogen and oxygen atoms in total. The van der Waals surface area contributed by atoms with Gasteiger partial charge < -0.3 is 10.0 Å². The van der Waals surface area contributed by atoms with E-state index in [1.807, 2.05) is 49.3 Å². The lowest BCUT2D eigenvalue weighted by molar-refractivity contribution is -0.123. The van der Waals surface area contributed by atoms with E-state index in [1.54, 1.807) is 48.5 Å². The number of imide groups is 1. The number of Topliss-reactive ketones (excluding diaryl/α,β-unsaturated/α-hetero) is 1. The molecule has 3 aromatic carbocycles. The number of halogens is 1. The van der Waals surface area contributed by atoms with Crippen molar-refractivity contribution >= 4 is 62.1 Å². The van der Waals surface area contributed by atoms with Crippen LogP contribution >= 0.6 is 15.9 Å². The maximum absolute atomic E-state index is 14.1. The zero-order valence-electron chi connectivity index (χ0n) is 25.1. The second-order valence-corrected chi connectivity index (χ2v) is 13.0.